The van der Waals surface area contributed by atoms with Crippen LogP contribution < -0.4 is 4.74 Å². The first-order valence-corrected chi connectivity index (χ1v) is 6.90. The summed E-state index contributed by atoms with van der Waals surface area (Å²) >= 11 is 8.32. The van der Waals surface area contributed by atoms with Crippen LogP contribution in [0.3, 0.4) is 0 Å². The third kappa shape index (κ3) is 2.92. The van der Waals surface area contributed by atoms with Crippen LogP contribution >= 0.6 is 34.2 Å². The number of carbonyl (C=O) groups excluding carboxylic acids is 1. The molecule has 0 N–H and O–H groups in total. The van der Waals surface area contributed by atoms with Crippen LogP contribution in [0.4, 0.5) is 0 Å². The second-order valence-corrected chi connectivity index (χ2v) is 5.44. The number of carbonyl (C=O) groups is 1. The van der Waals surface area contributed by atoms with Crippen LogP contribution in [0.5, 0.6) is 5.75 Å². The third-order valence-corrected chi connectivity index (χ3v) is 3.56. The van der Waals surface area contributed by atoms with E-state index in [0.29, 0.717) is 23.8 Å². The highest BCUT2D eigenvalue weighted by atomic mass is 127. The SMILES string of the molecule is CC(=O)CCOc1c(I)cc(Cl)c2cccnc12. The number of rotatable bonds is 4. The number of ether oxygens (including phenoxy) is 1. The highest BCUT2D eigenvalue weighted by Crippen LogP contribution is 2.34. The third-order valence-electron chi connectivity index (χ3n) is 2.45. The van der Waals surface area contributed by atoms with Gasteiger partial charge in [-0.1, -0.05) is 11.6 Å². The lowest BCUT2D eigenvalue weighted by atomic mass is 10.2. The largest absolute Gasteiger partial charge is 0.490 e. The molecule has 0 radical (unpaired) electrons. The monoisotopic (exact) mass is 375 g/mol. The molecule has 0 bridgehead atoms. The van der Waals surface area contributed by atoms with E-state index in [9.17, 15) is 4.79 Å². The lowest BCUT2D eigenvalue weighted by Gasteiger charge is -2.11. The Hall–Kier alpha value is -0.880. The molecule has 0 fully saturated rings. The molecule has 5 heteroatoms. The minimum absolute atomic E-state index is 0.108. The fraction of sp³-hybridized carbons (Fsp3) is 0.231. The van der Waals surface area contributed by atoms with Crippen molar-refractivity contribution in [1.82, 2.24) is 4.98 Å². The molecule has 1 aromatic carbocycles. The van der Waals surface area contributed by atoms with Gasteiger partial charge in [0, 0.05) is 18.0 Å². The van der Waals surface area contributed by atoms with E-state index in [-0.39, 0.29) is 5.78 Å². The highest BCUT2D eigenvalue weighted by molar-refractivity contribution is 14.1. The average Bonchev–Trinajstić information content (AvgIpc) is 2.33. The Labute approximate surface area is 124 Å². The Morgan fingerprint density at radius 1 is 1.56 bits per heavy atom. The summed E-state index contributed by atoms with van der Waals surface area (Å²) in [6.45, 7) is 1.91. The second kappa shape index (κ2) is 5.84. The van der Waals surface area contributed by atoms with Gasteiger partial charge in [-0.15, -0.1) is 0 Å². The van der Waals surface area contributed by atoms with E-state index in [2.05, 4.69) is 27.6 Å². The number of pyridine rings is 1. The minimum atomic E-state index is 0.108. The molecule has 2 rings (SSSR count). The van der Waals surface area contributed by atoms with E-state index in [1.54, 1.807) is 13.1 Å². The van der Waals surface area contributed by atoms with Gasteiger partial charge in [-0.3, -0.25) is 9.78 Å². The van der Waals surface area contributed by atoms with Crippen LogP contribution in [0.2, 0.25) is 5.02 Å². The van der Waals surface area contributed by atoms with E-state index >= 15 is 0 Å². The lowest BCUT2D eigenvalue weighted by molar-refractivity contribution is -0.117. The highest BCUT2D eigenvalue weighted by Gasteiger charge is 2.12. The molecule has 0 aliphatic heterocycles. The van der Waals surface area contributed by atoms with Crippen LogP contribution in [-0.4, -0.2) is 17.4 Å². The van der Waals surface area contributed by atoms with Crippen LogP contribution in [0.25, 0.3) is 10.9 Å². The number of halogens is 2. The van der Waals surface area contributed by atoms with Crippen molar-refractivity contribution in [1.29, 1.82) is 0 Å². The molecule has 94 valence electrons. The van der Waals surface area contributed by atoms with Crippen molar-refractivity contribution in [3.05, 3.63) is 33.0 Å². The smallest absolute Gasteiger partial charge is 0.158 e. The van der Waals surface area contributed by atoms with Crippen LogP contribution in [0.15, 0.2) is 24.4 Å². The zero-order valence-electron chi connectivity index (χ0n) is 9.74. The molecule has 0 amide bonds. The van der Waals surface area contributed by atoms with Gasteiger partial charge in [-0.25, -0.2) is 0 Å². The van der Waals surface area contributed by atoms with Crippen molar-refractivity contribution in [3.8, 4) is 5.75 Å². The molecule has 0 spiro atoms. The fourth-order valence-electron chi connectivity index (χ4n) is 1.58. The summed E-state index contributed by atoms with van der Waals surface area (Å²) in [7, 11) is 0. The molecule has 0 atom stereocenters. The van der Waals surface area contributed by atoms with Crippen molar-refractivity contribution >= 4 is 50.9 Å². The molecule has 0 aliphatic carbocycles. The molecular formula is C13H11ClINO2. The molecule has 0 unspecified atom stereocenters. The first-order chi connectivity index (χ1) is 8.59. The maximum absolute atomic E-state index is 10.9. The van der Waals surface area contributed by atoms with Gasteiger partial charge in [0.2, 0.25) is 0 Å². The van der Waals surface area contributed by atoms with Gasteiger partial charge in [0.25, 0.3) is 0 Å². The van der Waals surface area contributed by atoms with Crippen molar-refractivity contribution in [2.24, 2.45) is 0 Å². The molecular weight excluding hydrogens is 365 g/mol. The number of nitrogens with zero attached hydrogens (tertiary/aromatic N) is 1. The number of aromatic nitrogens is 1. The fourth-order valence-corrected chi connectivity index (χ4v) is 2.75. The van der Waals surface area contributed by atoms with Gasteiger partial charge in [-0.2, -0.15) is 0 Å². The zero-order valence-corrected chi connectivity index (χ0v) is 12.7. The number of fused-ring (bicyclic) bond motifs is 1. The molecule has 1 aromatic heterocycles. The Balaban J connectivity index is 2.39. The summed E-state index contributed by atoms with van der Waals surface area (Å²) in [4.78, 5) is 15.2. The average molecular weight is 376 g/mol. The number of ketones is 1. The number of hydrogen-bond donors (Lipinski definition) is 0. The van der Waals surface area contributed by atoms with Gasteiger partial charge in [0.15, 0.2) is 5.75 Å². The quantitative estimate of drug-likeness (QED) is 0.762. The summed E-state index contributed by atoms with van der Waals surface area (Å²) in [5, 5.41) is 1.51. The Morgan fingerprint density at radius 3 is 3.06 bits per heavy atom. The predicted octanol–water partition coefficient (Wildman–Crippen LogP) is 3.85. The molecule has 1 heterocycles. The van der Waals surface area contributed by atoms with Crippen molar-refractivity contribution in [2.45, 2.75) is 13.3 Å². The van der Waals surface area contributed by atoms with Gasteiger partial charge in [0.1, 0.15) is 11.3 Å². The maximum Gasteiger partial charge on any atom is 0.158 e. The van der Waals surface area contributed by atoms with E-state index in [1.807, 2.05) is 18.2 Å². The van der Waals surface area contributed by atoms with Gasteiger partial charge >= 0.3 is 0 Å². The molecule has 0 aliphatic rings. The molecule has 3 nitrogen and oxygen atoms in total. The summed E-state index contributed by atoms with van der Waals surface area (Å²) in [5.41, 5.74) is 0.734. The van der Waals surface area contributed by atoms with Gasteiger partial charge in [-0.05, 0) is 47.7 Å². The van der Waals surface area contributed by atoms with E-state index < -0.39 is 0 Å². The van der Waals surface area contributed by atoms with E-state index in [1.165, 1.54) is 0 Å². The zero-order chi connectivity index (χ0) is 13.1. The predicted molar refractivity (Wildman–Crippen MR) is 80.3 cm³/mol. The summed E-state index contributed by atoms with van der Waals surface area (Å²) in [5.74, 6) is 0.799. The topological polar surface area (TPSA) is 39.2 Å². The molecule has 2 aromatic rings. The van der Waals surface area contributed by atoms with Crippen molar-refractivity contribution < 1.29 is 9.53 Å². The van der Waals surface area contributed by atoms with Crippen molar-refractivity contribution in [3.63, 3.8) is 0 Å². The standard InChI is InChI=1S/C13H11ClINO2/c1-8(17)4-6-18-13-11(15)7-10(14)9-3-2-5-16-12(9)13/h2-3,5,7H,4,6H2,1H3. The lowest BCUT2D eigenvalue weighted by Crippen LogP contribution is -2.04. The van der Waals surface area contributed by atoms with E-state index in [4.69, 9.17) is 16.3 Å². The summed E-state index contributed by atoms with van der Waals surface area (Å²) in [6, 6.07) is 5.58. The number of hydrogen-bond acceptors (Lipinski definition) is 3. The molecule has 0 saturated carbocycles. The van der Waals surface area contributed by atoms with Crippen LogP contribution in [0, 0.1) is 3.57 Å². The Morgan fingerprint density at radius 2 is 2.33 bits per heavy atom. The minimum Gasteiger partial charge on any atom is -0.490 e. The summed E-state index contributed by atoms with van der Waals surface area (Å²) in [6.07, 6.45) is 2.10. The second-order valence-electron chi connectivity index (χ2n) is 3.87. The van der Waals surface area contributed by atoms with Crippen molar-refractivity contribution in [2.75, 3.05) is 6.61 Å². The number of Topliss-reactive ketones (excluding diaryl/α,β-unsaturated/α-hetero) is 1. The van der Waals surface area contributed by atoms with Crippen LogP contribution in [-0.2, 0) is 4.79 Å². The van der Waals surface area contributed by atoms with E-state index in [0.717, 1.165) is 14.5 Å². The Bertz CT molecular complexity index is 601. The summed E-state index contributed by atoms with van der Waals surface area (Å²) < 4.78 is 6.56. The number of benzene rings is 1. The maximum atomic E-state index is 10.9. The van der Waals surface area contributed by atoms with Crippen LogP contribution in [0.1, 0.15) is 13.3 Å². The van der Waals surface area contributed by atoms with Gasteiger partial charge < -0.3 is 4.74 Å². The van der Waals surface area contributed by atoms with Gasteiger partial charge in [0.05, 0.1) is 15.2 Å². The first kappa shape index (κ1) is 13.5. The first-order valence-electron chi connectivity index (χ1n) is 5.44. The Kier molecular flexibility index (Phi) is 4.40. The normalized spacial score (nSPS) is 10.6. The molecule has 0 saturated heterocycles. The molecule has 18 heavy (non-hydrogen) atoms.